The van der Waals surface area contributed by atoms with Crippen LogP contribution in [0.25, 0.3) is 43.4 Å². The number of H-pyrrole nitrogens is 2. The number of aryl methyl sites for hydroxylation is 2. The van der Waals surface area contributed by atoms with Gasteiger partial charge in [-0.3, -0.25) is 0 Å². The first-order valence-electron chi connectivity index (χ1n) is 11.2. The fourth-order valence-electron chi connectivity index (χ4n) is 5.97. The average molecular weight is 560 g/mol. The maximum atomic E-state index is 3.91. The minimum absolute atomic E-state index is 0.179. The molecule has 2 heterocycles. The van der Waals surface area contributed by atoms with E-state index in [0.717, 1.165) is 20.0 Å². The van der Waals surface area contributed by atoms with E-state index in [4.69, 9.17) is 0 Å². The molecule has 0 bridgehead atoms. The molecule has 0 aliphatic heterocycles. The van der Waals surface area contributed by atoms with E-state index in [1.165, 1.54) is 54.6 Å². The minimum atomic E-state index is -0.179. The Morgan fingerprint density at radius 1 is 0.606 bits per heavy atom. The summed E-state index contributed by atoms with van der Waals surface area (Å²) >= 11 is 7.81. The van der Waals surface area contributed by atoms with Gasteiger partial charge in [-0.15, -0.1) is 0 Å². The quantitative estimate of drug-likeness (QED) is 0.212. The molecule has 0 unspecified atom stereocenters. The van der Waals surface area contributed by atoms with Crippen molar-refractivity contribution in [3.8, 4) is 0 Å². The molecular formula is C29H24Br2N2. The van der Waals surface area contributed by atoms with Crippen LogP contribution < -0.4 is 0 Å². The summed E-state index contributed by atoms with van der Waals surface area (Å²) in [6.45, 7) is 9.24. The van der Waals surface area contributed by atoms with Gasteiger partial charge >= 0.3 is 0 Å². The van der Waals surface area contributed by atoms with Crippen molar-refractivity contribution in [2.24, 2.45) is 0 Å². The topological polar surface area (TPSA) is 31.6 Å². The van der Waals surface area contributed by atoms with Crippen molar-refractivity contribution < 1.29 is 0 Å². The summed E-state index contributed by atoms with van der Waals surface area (Å²) in [4.78, 5) is 6.87. The van der Waals surface area contributed by atoms with E-state index in [1.807, 2.05) is 12.4 Å². The van der Waals surface area contributed by atoms with Crippen LogP contribution in [0.15, 0.2) is 69.9 Å². The highest BCUT2D eigenvalue weighted by molar-refractivity contribution is 9.11. The zero-order valence-electron chi connectivity index (χ0n) is 19.0. The highest BCUT2D eigenvalue weighted by atomic mass is 79.9. The molecule has 0 saturated heterocycles. The lowest BCUT2D eigenvalue weighted by molar-refractivity contribution is 0.647. The number of pyridine rings is 2. The number of hydrogen-bond donors (Lipinski definition) is 2. The molecule has 0 aliphatic rings. The van der Waals surface area contributed by atoms with Crippen molar-refractivity contribution in [1.82, 2.24) is 9.97 Å². The third-order valence-electron chi connectivity index (χ3n) is 7.18. The maximum absolute atomic E-state index is 3.91. The van der Waals surface area contributed by atoms with Crippen LogP contribution in [-0.4, -0.2) is 9.97 Å². The van der Waals surface area contributed by atoms with Crippen LogP contribution in [-0.2, 0) is 5.41 Å². The molecule has 0 amide bonds. The second kappa shape index (κ2) is 7.22. The van der Waals surface area contributed by atoms with Crippen molar-refractivity contribution >= 4 is 75.2 Å². The second-order valence-electron chi connectivity index (χ2n) is 9.60. The summed E-state index contributed by atoms with van der Waals surface area (Å²) in [5.74, 6) is 0. The molecule has 0 atom stereocenters. The zero-order valence-corrected chi connectivity index (χ0v) is 22.2. The van der Waals surface area contributed by atoms with E-state index in [9.17, 15) is 0 Å². The molecule has 4 heteroatoms. The summed E-state index contributed by atoms with van der Waals surface area (Å²) in [7, 11) is 0. The van der Waals surface area contributed by atoms with E-state index < -0.39 is 0 Å². The highest BCUT2D eigenvalue weighted by Gasteiger charge is 2.33. The largest absolute Gasteiger partial charge is 0.361 e. The Balaban J connectivity index is 1.70. The van der Waals surface area contributed by atoms with E-state index in [-0.39, 0.29) is 5.41 Å². The van der Waals surface area contributed by atoms with Crippen molar-refractivity contribution in [2.45, 2.75) is 33.1 Å². The molecule has 2 N–H and O–H groups in total. The van der Waals surface area contributed by atoms with Gasteiger partial charge < -0.3 is 9.97 Å². The number of fused-ring (bicyclic) bond motifs is 4. The molecule has 33 heavy (non-hydrogen) atoms. The first-order valence-corrected chi connectivity index (χ1v) is 12.8. The molecule has 6 rings (SSSR count). The molecule has 2 aromatic heterocycles. The van der Waals surface area contributed by atoms with Crippen molar-refractivity contribution in [2.75, 3.05) is 0 Å². The molecule has 0 saturated carbocycles. The molecule has 0 radical (unpaired) electrons. The van der Waals surface area contributed by atoms with E-state index in [0.29, 0.717) is 0 Å². The van der Waals surface area contributed by atoms with Gasteiger partial charge in [-0.1, -0.05) is 26.0 Å². The van der Waals surface area contributed by atoms with Gasteiger partial charge in [-0.25, -0.2) is 0 Å². The molecule has 0 fully saturated rings. The lowest BCUT2D eigenvalue weighted by Gasteiger charge is -2.28. The number of benzene rings is 2. The smallest absolute Gasteiger partial charge is 0.0471 e. The Bertz CT molecular complexity index is 1610. The van der Waals surface area contributed by atoms with Crippen LogP contribution in [0.5, 0.6) is 0 Å². The monoisotopic (exact) mass is 558 g/mol. The standard InChI is InChI=1S/C29H24Br2N2/c1-15-11-21-19(13-23-17(27(21)30)7-5-9-32-23)25(15)29(3,4)26-16(2)12-22-20(26)14-24-18(28(22)31)8-6-10-33-24/h5-14,32-33H,1-4H3. The molecule has 6 aromatic rings. The van der Waals surface area contributed by atoms with E-state index >= 15 is 0 Å². The van der Waals surface area contributed by atoms with E-state index in [2.05, 4.69) is 118 Å². The number of aromatic nitrogens is 2. The fourth-order valence-corrected chi connectivity index (χ4v) is 7.32. The molecule has 0 spiro atoms. The predicted molar refractivity (Wildman–Crippen MR) is 149 cm³/mol. The van der Waals surface area contributed by atoms with Crippen molar-refractivity contribution in [3.05, 3.63) is 92.1 Å². The van der Waals surface area contributed by atoms with Gasteiger partial charge in [0.25, 0.3) is 0 Å². The predicted octanol–water partition coefficient (Wildman–Crippen LogP) is 9.42. The Morgan fingerprint density at radius 3 is 1.45 bits per heavy atom. The van der Waals surface area contributed by atoms with Crippen molar-refractivity contribution in [1.29, 1.82) is 0 Å². The van der Waals surface area contributed by atoms with Gasteiger partial charge in [0.05, 0.1) is 0 Å². The first kappa shape index (κ1) is 21.0. The number of nitrogens with one attached hydrogen (secondary N) is 2. The third-order valence-corrected chi connectivity index (χ3v) is 8.89. The number of hydrogen-bond acceptors (Lipinski definition) is 0. The summed E-state index contributed by atoms with van der Waals surface area (Å²) in [5.41, 5.74) is 7.54. The minimum Gasteiger partial charge on any atom is -0.361 e. The molecule has 4 aromatic carbocycles. The lowest BCUT2D eigenvalue weighted by Crippen LogP contribution is -2.20. The molecule has 2 nitrogen and oxygen atoms in total. The van der Waals surface area contributed by atoms with Gasteiger partial charge in [0.1, 0.15) is 0 Å². The lowest BCUT2D eigenvalue weighted by atomic mass is 9.75. The number of halogens is 2. The van der Waals surface area contributed by atoms with Crippen LogP contribution in [0, 0.1) is 13.8 Å². The Labute approximate surface area is 209 Å². The normalized spacial score (nSPS) is 12.5. The Kier molecular flexibility index (Phi) is 4.59. The van der Waals surface area contributed by atoms with Gasteiger partial charge in [-0.05, 0) is 126 Å². The Hall–Kier alpha value is -2.56. The number of rotatable bonds is 2. The van der Waals surface area contributed by atoms with Crippen LogP contribution in [0.4, 0.5) is 0 Å². The zero-order chi connectivity index (χ0) is 23.1. The number of aromatic amines is 2. The van der Waals surface area contributed by atoms with Gasteiger partial charge in [-0.2, -0.15) is 0 Å². The van der Waals surface area contributed by atoms with Gasteiger partial charge in [0.2, 0.25) is 0 Å². The summed E-state index contributed by atoms with van der Waals surface area (Å²) in [5, 5.41) is 7.58. The Morgan fingerprint density at radius 2 is 1.03 bits per heavy atom. The summed E-state index contributed by atoms with van der Waals surface area (Å²) in [6.07, 6.45) is 3.99. The van der Waals surface area contributed by atoms with Crippen molar-refractivity contribution in [3.63, 3.8) is 0 Å². The van der Waals surface area contributed by atoms with Crippen LogP contribution in [0.1, 0.15) is 36.1 Å². The highest BCUT2D eigenvalue weighted by Crippen LogP contribution is 2.48. The average Bonchev–Trinajstić information content (AvgIpc) is 3.31. The third kappa shape index (κ3) is 2.90. The second-order valence-corrected chi connectivity index (χ2v) is 11.2. The summed E-state index contributed by atoms with van der Waals surface area (Å²) < 4.78 is 2.31. The van der Waals surface area contributed by atoms with Crippen LogP contribution in [0.3, 0.4) is 0 Å². The first-order chi connectivity index (χ1) is 15.8. The van der Waals surface area contributed by atoms with Gasteiger partial charge in [0, 0.05) is 48.6 Å². The summed E-state index contributed by atoms with van der Waals surface area (Å²) in [6, 6.07) is 17.7. The van der Waals surface area contributed by atoms with Crippen LogP contribution in [0.2, 0.25) is 0 Å². The fraction of sp³-hybridized carbons (Fsp3) is 0.172. The van der Waals surface area contributed by atoms with Crippen LogP contribution >= 0.6 is 31.9 Å². The SMILES string of the molecule is Cc1cc2c(Br)c3ccc[nH]c3cc2c1C(C)(C)c1c(C)cc2c(Br)c3ccc[nH]c3cc12. The molecule has 0 aliphatic carbocycles. The maximum Gasteiger partial charge on any atom is 0.0471 e. The van der Waals surface area contributed by atoms with Gasteiger partial charge in [0.15, 0.2) is 0 Å². The van der Waals surface area contributed by atoms with E-state index in [1.54, 1.807) is 0 Å². The molecule has 164 valence electrons. The molecular weight excluding hydrogens is 536 g/mol.